The van der Waals surface area contributed by atoms with Crippen molar-refractivity contribution in [2.24, 2.45) is 0 Å². The van der Waals surface area contributed by atoms with Gasteiger partial charge in [-0.3, -0.25) is 0 Å². The van der Waals surface area contributed by atoms with Gasteiger partial charge in [0.05, 0.1) is 5.60 Å². The Bertz CT molecular complexity index is 365. The fourth-order valence-corrected chi connectivity index (χ4v) is 2.17. The van der Waals surface area contributed by atoms with E-state index in [1.54, 1.807) is 0 Å². The summed E-state index contributed by atoms with van der Waals surface area (Å²) in [6.45, 7) is 4.23. The van der Waals surface area contributed by atoms with Gasteiger partial charge in [-0.2, -0.15) is 0 Å². The third-order valence-electron chi connectivity index (χ3n) is 2.99. The van der Waals surface area contributed by atoms with Crippen molar-refractivity contribution in [1.29, 1.82) is 0 Å². The summed E-state index contributed by atoms with van der Waals surface area (Å²) < 4.78 is 0. The van der Waals surface area contributed by atoms with E-state index in [-0.39, 0.29) is 0 Å². The Balaban J connectivity index is 2.20. The predicted molar refractivity (Wildman–Crippen MR) is 64.5 cm³/mol. The Morgan fingerprint density at radius 2 is 2.44 bits per heavy atom. The molecule has 16 heavy (non-hydrogen) atoms. The SMILES string of the molecule is CNCc1cccnc1N1CCC(C)(O)C1. The minimum absolute atomic E-state index is 0.575. The molecule has 1 aromatic heterocycles. The largest absolute Gasteiger partial charge is 0.388 e. The first-order valence-corrected chi connectivity index (χ1v) is 5.68. The van der Waals surface area contributed by atoms with E-state index in [9.17, 15) is 5.11 Å². The monoisotopic (exact) mass is 221 g/mol. The lowest BCUT2D eigenvalue weighted by Gasteiger charge is -2.22. The van der Waals surface area contributed by atoms with Crippen LogP contribution in [0.15, 0.2) is 18.3 Å². The number of nitrogens with one attached hydrogen (secondary N) is 1. The first-order chi connectivity index (χ1) is 7.62. The average Bonchev–Trinajstić information content (AvgIpc) is 2.60. The van der Waals surface area contributed by atoms with Crippen LogP contribution in [0.4, 0.5) is 5.82 Å². The van der Waals surface area contributed by atoms with Crippen molar-refractivity contribution < 1.29 is 5.11 Å². The highest BCUT2D eigenvalue weighted by Crippen LogP contribution is 2.27. The van der Waals surface area contributed by atoms with Gasteiger partial charge < -0.3 is 15.3 Å². The Labute approximate surface area is 96.3 Å². The van der Waals surface area contributed by atoms with Crippen LogP contribution in [0.3, 0.4) is 0 Å². The van der Waals surface area contributed by atoms with Gasteiger partial charge in [-0.15, -0.1) is 0 Å². The summed E-state index contributed by atoms with van der Waals surface area (Å²) in [6, 6.07) is 4.02. The van der Waals surface area contributed by atoms with Crippen LogP contribution < -0.4 is 10.2 Å². The summed E-state index contributed by atoms with van der Waals surface area (Å²) in [4.78, 5) is 6.58. The summed E-state index contributed by atoms with van der Waals surface area (Å²) in [5, 5.41) is 13.1. The Morgan fingerprint density at radius 3 is 3.06 bits per heavy atom. The molecule has 2 N–H and O–H groups in total. The topological polar surface area (TPSA) is 48.4 Å². The lowest BCUT2D eigenvalue weighted by atomic mass is 10.1. The summed E-state index contributed by atoms with van der Waals surface area (Å²) in [5.41, 5.74) is 0.608. The molecule has 1 aliphatic heterocycles. The van der Waals surface area contributed by atoms with Crippen LogP contribution in [-0.4, -0.2) is 35.8 Å². The van der Waals surface area contributed by atoms with Crippen LogP contribution in [0.5, 0.6) is 0 Å². The molecule has 0 aromatic carbocycles. The molecule has 1 aromatic rings. The third kappa shape index (κ3) is 2.33. The summed E-state index contributed by atoms with van der Waals surface area (Å²) in [7, 11) is 1.93. The fraction of sp³-hybridized carbons (Fsp3) is 0.583. The van der Waals surface area contributed by atoms with Gasteiger partial charge in [0.2, 0.25) is 0 Å². The number of anilines is 1. The molecule has 0 saturated carbocycles. The highest BCUT2D eigenvalue weighted by Gasteiger charge is 2.32. The van der Waals surface area contributed by atoms with Gasteiger partial charge in [0.25, 0.3) is 0 Å². The van der Waals surface area contributed by atoms with E-state index in [1.807, 2.05) is 26.2 Å². The molecule has 2 heterocycles. The van der Waals surface area contributed by atoms with E-state index in [1.165, 1.54) is 5.56 Å². The van der Waals surface area contributed by atoms with Crippen LogP contribution in [-0.2, 0) is 6.54 Å². The minimum atomic E-state index is -0.575. The van der Waals surface area contributed by atoms with Gasteiger partial charge in [0, 0.05) is 31.4 Å². The zero-order valence-electron chi connectivity index (χ0n) is 9.90. The van der Waals surface area contributed by atoms with Crippen molar-refractivity contribution in [3.63, 3.8) is 0 Å². The molecule has 1 fully saturated rings. The van der Waals surface area contributed by atoms with Crippen molar-refractivity contribution in [3.8, 4) is 0 Å². The zero-order valence-corrected chi connectivity index (χ0v) is 9.90. The van der Waals surface area contributed by atoms with E-state index in [2.05, 4.69) is 21.3 Å². The van der Waals surface area contributed by atoms with E-state index < -0.39 is 5.60 Å². The summed E-state index contributed by atoms with van der Waals surface area (Å²) >= 11 is 0. The fourth-order valence-electron chi connectivity index (χ4n) is 2.17. The quantitative estimate of drug-likeness (QED) is 0.791. The third-order valence-corrected chi connectivity index (χ3v) is 2.99. The van der Waals surface area contributed by atoms with Crippen molar-refractivity contribution in [2.45, 2.75) is 25.5 Å². The molecular weight excluding hydrogens is 202 g/mol. The molecule has 1 saturated heterocycles. The molecule has 88 valence electrons. The second-order valence-corrected chi connectivity index (χ2v) is 4.68. The lowest BCUT2D eigenvalue weighted by molar-refractivity contribution is 0.0839. The highest BCUT2D eigenvalue weighted by atomic mass is 16.3. The van der Waals surface area contributed by atoms with Crippen molar-refractivity contribution in [1.82, 2.24) is 10.3 Å². The predicted octanol–water partition coefficient (Wildman–Crippen LogP) is 0.762. The molecule has 0 radical (unpaired) electrons. The summed E-state index contributed by atoms with van der Waals surface area (Å²) in [5.74, 6) is 0.995. The Morgan fingerprint density at radius 1 is 1.62 bits per heavy atom. The van der Waals surface area contributed by atoms with Crippen LogP contribution in [0, 0.1) is 0 Å². The van der Waals surface area contributed by atoms with E-state index in [0.29, 0.717) is 6.54 Å². The van der Waals surface area contributed by atoms with Gasteiger partial charge in [0.1, 0.15) is 5.82 Å². The normalized spacial score (nSPS) is 25.1. The Kier molecular flexibility index (Phi) is 3.12. The standard InChI is InChI=1S/C12H19N3O/c1-12(16)5-7-15(9-12)11-10(8-13-2)4-3-6-14-11/h3-4,6,13,16H,5,7-9H2,1-2H3. The first-order valence-electron chi connectivity index (χ1n) is 5.68. The maximum atomic E-state index is 9.96. The molecule has 2 rings (SSSR count). The number of aliphatic hydroxyl groups is 1. The van der Waals surface area contributed by atoms with Crippen LogP contribution in [0.1, 0.15) is 18.9 Å². The number of rotatable bonds is 3. The summed E-state index contributed by atoms with van der Waals surface area (Å²) in [6.07, 6.45) is 2.62. The maximum Gasteiger partial charge on any atom is 0.133 e. The molecule has 1 aliphatic rings. The maximum absolute atomic E-state index is 9.96. The number of nitrogens with zero attached hydrogens (tertiary/aromatic N) is 2. The number of pyridine rings is 1. The number of aromatic nitrogens is 1. The van der Waals surface area contributed by atoms with Gasteiger partial charge in [-0.25, -0.2) is 4.98 Å². The van der Waals surface area contributed by atoms with Crippen LogP contribution in [0.25, 0.3) is 0 Å². The Hall–Kier alpha value is -1.13. The molecule has 1 unspecified atom stereocenters. The molecule has 0 bridgehead atoms. The molecule has 4 nitrogen and oxygen atoms in total. The van der Waals surface area contributed by atoms with Crippen molar-refractivity contribution in [3.05, 3.63) is 23.9 Å². The van der Waals surface area contributed by atoms with Crippen LogP contribution in [0.2, 0.25) is 0 Å². The molecule has 0 amide bonds. The van der Waals surface area contributed by atoms with E-state index >= 15 is 0 Å². The number of hydrogen-bond acceptors (Lipinski definition) is 4. The number of β-amino-alcohol motifs (C(OH)–C–C–N with tert-alkyl or cyclic N) is 1. The second kappa shape index (κ2) is 4.39. The molecule has 4 heteroatoms. The van der Waals surface area contributed by atoms with Gasteiger partial charge >= 0.3 is 0 Å². The lowest BCUT2D eigenvalue weighted by Crippen LogP contribution is -2.30. The van der Waals surface area contributed by atoms with E-state index in [4.69, 9.17) is 0 Å². The molecule has 0 spiro atoms. The molecule has 0 aliphatic carbocycles. The molecular formula is C12H19N3O. The smallest absolute Gasteiger partial charge is 0.133 e. The first kappa shape index (κ1) is 11.4. The van der Waals surface area contributed by atoms with Gasteiger partial charge in [-0.05, 0) is 26.5 Å². The van der Waals surface area contributed by atoms with Gasteiger partial charge in [-0.1, -0.05) is 6.07 Å². The van der Waals surface area contributed by atoms with Gasteiger partial charge in [0.15, 0.2) is 0 Å². The van der Waals surface area contributed by atoms with Crippen LogP contribution >= 0.6 is 0 Å². The highest BCUT2D eigenvalue weighted by molar-refractivity contribution is 5.48. The zero-order chi connectivity index (χ0) is 11.6. The van der Waals surface area contributed by atoms with E-state index in [0.717, 1.165) is 25.3 Å². The number of hydrogen-bond donors (Lipinski definition) is 2. The average molecular weight is 221 g/mol. The molecule has 1 atom stereocenters. The van der Waals surface area contributed by atoms with Crippen molar-refractivity contribution >= 4 is 5.82 Å². The second-order valence-electron chi connectivity index (χ2n) is 4.68. The van der Waals surface area contributed by atoms with Crippen molar-refractivity contribution in [2.75, 3.05) is 25.0 Å². The minimum Gasteiger partial charge on any atom is -0.388 e.